The van der Waals surface area contributed by atoms with Gasteiger partial charge in [0.2, 0.25) is 0 Å². The maximum atomic E-state index is 12.2. The van der Waals surface area contributed by atoms with Gasteiger partial charge in [-0.25, -0.2) is 4.68 Å². The molecule has 0 fully saturated rings. The lowest BCUT2D eigenvalue weighted by molar-refractivity contribution is -0.145. The van der Waals surface area contributed by atoms with Crippen molar-refractivity contribution in [3.63, 3.8) is 0 Å². The van der Waals surface area contributed by atoms with Crippen LogP contribution < -0.4 is 14.8 Å². The minimum absolute atomic E-state index is 0.221. The zero-order chi connectivity index (χ0) is 19.5. The number of carbonyl (C=O) groups is 1. The van der Waals surface area contributed by atoms with Crippen molar-refractivity contribution in [1.82, 2.24) is 20.3 Å². The van der Waals surface area contributed by atoms with Gasteiger partial charge in [-0.05, 0) is 26.0 Å². The third-order valence-corrected chi connectivity index (χ3v) is 3.53. The third-order valence-electron chi connectivity index (χ3n) is 3.53. The molecule has 1 aromatic carbocycles. The number of nitrogens with zero attached hydrogens (tertiary/aromatic N) is 3. The van der Waals surface area contributed by atoms with Crippen LogP contribution in [0.1, 0.15) is 24.3 Å². The fourth-order valence-corrected chi connectivity index (χ4v) is 2.32. The normalized spacial score (nSPS) is 10.8. The van der Waals surface area contributed by atoms with E-state index >= 15 is 0 Å². The van der Waals surface area contributed by atoms with Crippen LogP contribution in [0, 0.1) is 0 Å². The van der Waals surface area contributed by atoms with Crippen LogP contribution in [-0.4, -0.2) is 60.7 Å². The van der Waals surface area contributed by atoms with Crippen LogP contribution in [0.3, 0.4) is 0 Å². The Morgan fingerprint density at radius 3 is 2.56 bits per heavy atom. The molecule has 1 aromatic heterocycles. The predicted molar refractivity (Wildman–Crippen MR) is 97.9 cm³/mol. The number of methoxy groups -OCH3 is 1. The van der Waals surface area contributed by atoms with Gasteiger partial charge < -0.3 is 24.3 Å². The van der Waals surface area contributed by atoms with Gasteiger partial charge in [0, 0.05) is 13.2 Å². The van der Waals surface area contributed by atoms with Gasteiger partial charge in [0.25, 0.3) is 5.91 Å². The first kappa shape index (κ1) is 20.7. The molecule has 9 nitrogen and oxygen atoms in total. The Balaban J connectivity index is 1.78. The monoisotopic (exact) mass is 378 g/mol. The SMILES string of the molecule is CCOC(Cn1cc(C(=O)NCCOc2ccccc2OC)nn1)OCC. The van der Waals surface area contributed by atoms with Crippen molar-refractivity contribution in [2.45, 2.75) is 26.7 Å². The molecule has 0 bridgehead atoms. The van der Waals surface area contributed by atoms with E-state index in [4.69, 9.17) is 18.9 Å². The average molecular weight is 378 g/mol. The summed E-state index contributed by atoms with van der Waals surface area (Å²) in [7, 11) is 1.58. The largest absolute Gasteiger partial charge is 0.493 e. The molecule has 0 spiro atoms. The Kier molecular flexibility index (Phi) is 8.53. The topological polar surface area (TPSA) is 96.7 Å². The van der Waals surface area contributed by atoms with Crippen molar-refractivity contribution < 1.29 is 23.7 Å². The van der Waals surface area contributed by atoms with Gasteiger partial charge in [0.05, 0.1) is 26.4 Å². The lowest BCUT2D eigenvalue weighted by Crippen LogP contribution is -2.28. The highest BCUT2D eigenvalue weighted by Gasteiger charge is 2.14. The van der Waals surface area contributed by atoms with Crippen molar-refractivity contribution in [3.05, 3.63) is 36.2 Å². The highest BCUT2D eigenvalue weighted by atomic mass is 16.7. The number of hydrogen-bond acceptors (Lipinski definition) is 7. The van der Waals surface area contributed by atoms with Crippen molar-refractivity contribution >= 4 is 5.91 Å². The van der Waals surface area contributed by atoms with Crippen LogP contribution in [0.15, 0.2) is 30.5 Å². The summed E-state index contributed by atoms with van der Waals surface area (Å²) in [6.07, 6.45) is 1.13. The van der Waals surface area contributed by atoms with Crippen LogP contribution in [0.25, 0.3) is 0 Å². The van der Waals surface area contributed by atoms with E-state index in [0.717, 1.165) is 0 Å². The molecular formula is C18H26N4O5. The molecule has 0 atom stereocenters. The maximum Gasteiger partial charge on any atom is 0.273 e. The quantitative estimate of drug-likeness (QED) is 0.441. The van der Waals surface area contributed by atoms with Crippen LogP contribution >= 0.6 is 0 Å². The van der Waals surface area contributed by atoms with E-state index < -0.39 is 6.29 Å². The summed E-state index contributed by atoms with van der Waals surface area (Å²) in [5.41, 5.74) is 0.221. The van der Waals surface area contributed by atoms with Crippen molar-refractivity contribution in [2.24, 2.45) is 0 Å². The fraction of sp³-hybridized carbons (Fsp3) is 0.500. The molecule has 0 saturated carbocycles. The van der Waals surface area contributed by atoms with Gasteiger partial charge >= 0.3 is 0 Å². The molecule has 2 aromatic rings. The summed E-state index contributed by atoms with van der Waals surface area (Å²) < 4.78 is 23.3. The summed E-state index contributed by atoms with van der Waals surface area (Å²) in [6, 6.07) is 7.33. The van der Waals surface area contributed by atoms with Gasteiger partial charge in [0.15, 0.2) is 23.5 Å². The highest BCUT2D eigenvalue weighted by Crippen LogP contribution is 2.25. The van der Waals surface area contributed by atoms with E-state index in [-0.39, 0.29) is 11.6 Å². The van der Waals surface area contributed by atoms with Gasteiger partial charge in [-0.1, -0.05) is 17.3 Å². The molecule has 0 radical (unpaired) electrons. The number of rotatable bonds is 12. The van der Waals surface area contributed by atoms with Crippen LogP contribution in [-0.2, 0) is 16.0 Å². The molecule has 148 valence electrons. The van der Waals surface area contributed by atoms with E-state index in [0.29, 0.717) is 44.4 Å². The molecule has 1 amide bonds. The molecule has 2 rings (SSSR count). The Labute approximate surface area is 158 Å². The Morgan fingerprint density at radius 2 is 1.89 bits per heavy atom. The standard InChI is InChI=1S/C18H26N4O5/c1-4-25-17(26-5-2)13-22-12-14(20-21-22)18(23)19-10-11-27-16-9-7-6-8-15(16)24-3/h6-9,12,17H,4-5,10-11,13H2,1-3H3,(H,19,23). The van der Waals surface area contributed by atoms with E-state index in [1.54, 1.807) is 19.4 Å². The first-order valence-electron chi connectivity index (χ1n) is 8.85. The maximum absolute atomic E-state index is 12.2. The van der Waals surface area contributed by atoms with Gasteiger partial charge in [-0.3, -0.25) is 4.79 Å². The summed E-state index contributed by atoms with van der Waals surface area (Å²) in [5, 5.41) is 10.6. The molecule has 0 unspecified atom stereocenters. The minimum atomic E-state index is -0.424. The van der Waals surface area contributed by atoms with Gasteiger partial charge in [0.1, 0.15) is 6.61 Å². The van der Waals surface area contributed by atoms with Crippen molar-refractivity contribution in [3.8, 4) is 11.5 Å². The Bertz CT molecular complexity index is 701. The summed E-state index contributed by atoms with van der Waals surface area (Å²) >= 11 is 0. The minimum Gasteiger partial charge on any atom is -0.493 e. The second kappa shape index (κ2) is 11.1. The lowest BCUT2D eigenvalue weighted by Gasteiger charge is -2.16. The van der Waals surface area contributed by atoms with Gasteiger partial charge in [-0.2, -0.15) is 0 Å². The number of para-hydroxylation sites is 2. The number of aromatic nitrogens is 3. The summed E-state index contributed by atoms with van der Waals surface area (Å²) in [6.45, 7) is 5.82. The second-order valence-corrected chi connectivity index (χ2v) is 5.42. The summed E-state index contributed by atoms with van der Waals surface area (Å²) in [5.74, 6) is 0.942. The zero-order valence-electron chi connectivity index (χ0n) is 15.9. The zero-order valence-corrected chi connectivity index (χ0v) is 15.9. The average Bonchev–Trinajstić information content (AvgIpc) is 3.14. The molecule has 0 aliphatic heterocycles. The highest BCUT2D eigenvalue weighted by molar-refractivity contribution is 5.91. The smallest absolute Gasteiger partial charge is 0.273 e. The Hall–Kier alpha value is -2.65. The molecule has 27 heavy (non-hydrogen) atoms. The molecule has 0 aliphatic carbocycles. The van der Waals surface area contributed by atoms with E-state index in [1.165, 1.54) is 4.68 Å². The first-order valence-corrected chi connectivity index (χ1v) is 8.85. The third kappa shape index (κ3) is 6.54. The van der Waals surface area contributed by atoms with E-state index in [2.05, 4.69) is 15.6 Å². The number of carbonyl (C=O) groups excluding carboxylic acids is 1. The second-order valence-electron chi connectivity index (χ2n) is 5.42. The molecule has 9 heteroatoms. The van der Waals surface area contributed by atoms with Crippen LogP contribution in [0.5, 0.6) is 11.5 Å². The fourth-order valence-electron chi connectivity index (χ4n) is 2.32. The molecule has 0 aliphatic rings. The van der Waals surface area contributed by atoms with Crippen molar-refractivity contribution in [2.75, 3.05) is 33.5 Å². The predicted octanol–water partition coefficient (Wildman–Crippen LogP) is 1.49. The number of hydrogen-bond donors (Lipinski definition) is 1. The molecular weight excluding hydrogens is 352 g/mol. The van der Waals surface area contributed by atoms with E-state index in [9.17, 15) is 4.79 Å². The first-order chi connectivity index (χ1) is 13.2. The Morgan fingerprint density at radius 1 is 1.19 bits per heavy atom. The number of benzene rings is 1. The van der Waals surface area contributed by atoms with Crippen molar-refractivity contribution in [1.29, 1.82) is 0 Å². The number of nitrogens with one attached hydrogen (secondary N) is 1. The molecule has 1 heterocycles. The molecule has 1 N–H and O–H groups in total. The van der Waals surface area contributed by atoms with E-state index in [1.807, 2.05) is 32.0 Å². The summed E-state index contributed by atoms with van der Waals surface area (Å²) in [4.78, 5) is 12.2. The van der Waals surface area contributed by atoms with Gasteiger partial charge in [-0.15, -0.1) is 5.10 Å². The number of amides is 1. The molecule has 0 saturated heterocycles. The lowest BCUT2D eigenvalue weighted by atomic mass is 10.3. The van der Waals surface area contributed by atoms with Crippen LogP contribution in [0.4, 0.5) is 0 Å². The number of ether oxygens (including phenoxy) is 4. The van der Waals surface area contributed by atoms with Crippen LogP contribution in [0.2, 0.25) is 0 Å².